The number of fused-ring (bicyclic) bond motifs is 1. The van der Waals surface area contributed by atoms with Gasteiger partial charge in [0.1, 0.15) is 5.76 Å². The number of benzene rings is 2. The van der Waals surface area contributed by atoms with Crippen molar-refractivity contribution in [3.63, 3.8) is 0 Å². The Balaban J connectivity index is 1.24. The smallest absolute Gasteiger partial charge is 0.255 e. The lowest BCUT2D eigenvalue weighted by atomic mass is 9.96. The van der Waals surface area contributed by atoms with Crippen LogP contribution in [0.4, 0.5) is 0 Å². The number of furan rings is 1. The highest BCUT2D eigenvalue weighted by molar-refractivity contribution is 6.05. The largest absolute Gasteiger partial charge is 0.468 e. The minimum Gasteiger partial charge on any atom is -0.468 e. The molecule has 0 atom stereocenters. The fourth-order valence-electron chi connectivity index (χ4n) is 6.25. The van der Waals surface area contributed by atoms with Crippen LogP contribution in [0.5, 0.6) is 0 Å². The number of likely N-dealkylation sites (N-methyl/N-ethyl adjacent to an activating group) is 1. The number of methoxy groups -OCH3 is 1. The predicted molar refractivity (Wildman–Crippen MR) is 169 cm³/mol. The number of hydrogen-bond donors (Lipinski definition) is 0. The van der Waals surface area contributed by atoms with E-state index >= 15 is 0 Å². The van der Waals surface area contributed by atoms with E-state index < -0.39 is 0 Å². The van der Waals surface area contributed by atoms with Crippen LogP contribution in [0.1, 0.15) is 40.3 Å². The van der Waals surface area contributed by atoms with E-state index in [-0.39, 0.29) is 5.91 Å². The molecule has 0 N–H and O–H groups in total. The monoisotopic (exact) mass is 579 g/mol. The summed E-state index contributed by atoms with van der Waals surface area (Å²) in [6, 6.07) is 18.7. The standard InChI is InChI=1S/C35H41N5O3/c1-26-34(40(25-36-26)20-27-13-15-38(16-14-27)21-29-10-7-18-43-29)24-39-22-32(33(23-39)35(41)37(2)17-19-42-3)31-12-6-9-28-8-4-5-11-30(28)31/h4-12,18,22-23,25,27H,13-17,19-21,24H2,1-3H3. The first kappa shape index (κ1) is 29.0. The Morgan fingerprint density at radius 3 is 2.63 bits per heavy atom. The molecule has 1 aliphatic heterocycles. The van der Waals surface area contributed by atoms with E-state index in [1.807, 2.05) is 25.6 Å². The molecule has 0 radical (unpaired) electrons. The molecule has 0 bridgehead atoms. The van der Waals surface area contributed by atoms with E-state index in [1.54, 1.807) is 18.3 Å². The number of carbonyl (C=O) groups excluding carboxylic acids is 1. The second-order valence-electron chi connectivity index (χ2n) is 11.7. The van der Waals surface area contributed by atoms with Crippen LogP contribution < -0.4 is 0 Å². The highest BCUT2D eigenvalue weighted by Gasteiger charge is 2.24. The maximum atomic E-state index is 13.7. The molecule has 0 spiro atoms. The molecule has 4 heterocycles. The zero-order valence-electron chi connectivity index (χ0n) is 25.4. The van der Waals surface area contributed by atoms with Crippen LogP contribution in [0, 0.1) is 12.8 Å². The Kier molecular flexibility index (Phi) is 8.77. The summed E-state index contributed by atoms with van der Waals surface area (Å²) in [7, 11) is 3.50. The maximum absolute atomic E-state index is 13.7. The van der Waals surface area contributed by atoms with Gasteiger partial charge < -0.3 is 23.2 Å². The van der Waals surface area contributed by atoms with Crippen LogP contribution in [0.25, 0.3) is 21.9 Å². The number of hydrogen-bond acceptors (Lipinski definition) is 5. The SMILES string of the molecule is COCCN(C)C(=O)c1cn(Cc2c(C)ncn2CC2CCN(Cc3ccco3)CC2)cc1-c1cccc2ccccc12. The average molecular weight is 580 g/mol. The van der Waals surface area contributed by atoms with Gasteiger partial charge in [-0.05, 0) is 67.2 Å². The van der Waals surface area contributed by atoms with Crippen LogP contribution in [-0.2, 0) is 24.4 Å². The second kappa shape index (κ2) is 13.0. The third-order valence-electron chi connectivity index (χ3n) is 8.78. The van der Waals surface area contributed by atoms with E-state index in [2.05, 4.69) is 75.7 Å². The molecule has 2 aromatic carbocycles. The molecule has 0 saturated carbocycles. The van der Waals surface area contributed by atoms with Gasteiger partial charge in [0.25, 0.3) is 5.91 Å². The van der Waals surface area contributed by atoms with E-state index in [9.17, 15) is 4.79 Å². The van der Waals surface area contributed by atoms with E-state index in [4.69, 9.17) is 14.1 Å². The Bertz CT molecular complexity index is 1650. The van der Waals surface area contributed by atoms with Gasteiger partial charge in [-0.3, -0.25) is 9.69 Å². The lowest BCUT2D eigenvalue weighted by Gasteiger charge is -2.31. The molecular formula is C35H41N5O3. The maximum Gasteiger partial charge on any atom is 0.255 e. The van der Waals surface area contributed by atoms with E-state index in [0.29, 0.717) is 31.2 Å². The van der Waals surface area contributed by atoms with Crippen molar-refractivity contribution in [2.45, 2.75) is 39.4 Å². The molecule has 0 unspecified atom stereocenters. The molecule has 0 aliphatic carbocycles. The molecule has 224 valence electrons. The number of amides is 1. The summed E-state index contributed by atoms with van der Waals surface area (Å²) in [5.41, 5.74) is 4.91. The molecule has 1 aliphatic rings. The zero-order valence-corrected chi connectivity index (χ0v) is 25.4. The van der Waals surface area contributed by atoms with Gasteiger partial charge in [-0.2, -0.15) is 0 Å². The van der Waals surface area contributed by atoms with Gasteiger partial charge in [0, 0.05) is 45.2 Å². The zero-order chi connectivity index (χ0) is 29.8. The summed E-state index contributed by atoms with van der Waals surface area (Å²) < 4.78 is 15.3. The summed E-state index contributed by atoms with van der Waals surface area (Å²) in [5.74, 6) is 1.62. The number of ether oxygens (including phenoxy) is 1. The third-order valence-corrected chi connectivity index (χ3v) is 8.78. The lowest BCUT2D eigenvalue weighted by Crippen LogP contribution is -2.34. The van der Waals surface area contributed by atoms with Gasteiger partial charge >= 0.3 is 0 Å². The molecule has 5 aromatic rings. The lowest BCUT2D eigenvalue weighted by molar-refractivity contribution is 0.0745. The summed E-state index contributed by atoms with van der Waals surface area (Å²) in [6.45, 7) is 7.73. The van der Waals surface area contributed by atoms with Gasteiger partial charge in [0.15, 0.2) is 0 Å². The van der Waals surface area contributed by atoms with Crippen LogP contribution >= 0.6 is 0 Å². The number of nitrogens with zero attached hydrogens (tertiary/aromatic N) is 5. The van der Waals surface area contributed by atoms with Crippen molar-refractivity contribution in [1.29, 1.82) is 0 Å². The second-order valence-corrected chi connectivity index (χ2v) is 11.7. The summed E-state index contributed by atoms with van der Waals surface area (Å²) in [5, 5.41) is 2.29. The number of carbonyl (C=O) groups is 1. The normalized spacial score (nSPS) is 14.5. The average Bonchev–Trinajstić information content (AvgIpc) is 3.78. The number of piperidine rings is 1. The van der Waals surface area contributed by atoms with Crippen molar-refractivity contribution in [3.8, 4) is 11.1 Å². The minimum atomic E-state index is -0.00901. The highest BCUT2D eigenvalue weighted by atomic mass is 16.5. The first-order chi connectivity index (χ1) is 21.0. The Morgan fingerprint density at radius 1 is 1.02 bits per heavy atom. The molecular weight excluding hydrogens is 538 g/mol. The third kappa shape index (κ3) is 6.45. The Morgan fingerprint density at radius 2 is 1.84 bits per heavy atom. The van der Waals surface area contributed by atoms with Crippen molar-refractivity contribution in [1.82, 2.24) is 23.9 Å². The highest BCUT2D eigenvalue weighted by Crippen LogP contribution is 2.33. The van der Waals surface area contributed by atoms with E-state index in [0.717, 1.165) is 72.4 Å². The van der Waals surface area contributed by atoms with Gasteiger partial charge in [-0.25, -0.2) is 4.98 Å². The number of likely N-dealkylation sites (tertiary alicyclic amines) is 1. The van der Waals surface area contributed by atoms with Crippen LogP contribution in [0.3, 0.4) is 0 Å². The van der Waals surface area contributed by atoms with Gasteiger partial charge in [0.2, 0.25) is 0 Å². The van der Waals surface area contributed by atoms with Crippen molar-refractivity contribution in [3.05, 3.63) is 102 Å². The first-order valence-electron chi connectivity index (χ1n) is 15.2. The van der Waals surface area contributed by atoms with Crippen molar-refractivity contribution < 1.29 is 13.9 Å². The first-order valence-corrected chi connectivity index (χ1v) is 15.2. The quantitative estimate of drug-likeness (QED) is 0.190. The number of aryl methyl sites for hydroxylation is 1. The summed E-state index contributed by atoms with van der Waals surface area (Å²) in [4.78, 5) is 22.7. The van der Waals surface area contributed by atoms with Crippen molar-refractivity contribution in [2.24, 2.45) is 5.92 Å². The Labute approximate surface area is 253 Å². The topological polar surface area (TPSA) is 68.7 Å². The van der Waals surface area contributed by atoms with Crippen molar-refractivity contribution >= 4 is 16.7 Å². The molecule has 8 heteroatoms. The molecule has 6 rings (SSSR count). The van der Waals surface area contributed by atoms with Crippen LogP contribution in [0.2, 0.25) is 0 Å². The molecule has 8 nitrogen and oxygen atoms in total. The van der Waals surface area contributed by atoms with Crippen LogP contribution in [0.15, 0.2) is 84.0 Å². The van der Waals surface area contributed by atoms with Gasteiger partial charge in [0.05, 0.1) is 49.2 Å². The fourth-order valence-corrected chi connectivity index (χ4v) is 6.25. The summed E-state index contributed by atoms with van der Waals surface area (Å²) in [6.07, 6.45) is 10.2. The molecule has 1 saturated heterocycles. The fraction of sp³-hybridized carbons (Fsp3) is 0.371. The number of imidazole rings is 1. The van der Waals surface area contributed by atoms with Gasteiger partial charge in [-0.15, -0.1) is 0 Å². The molecule has 3 aromatic heterocycles. The van der Waals surface area contributed by atoms with Crippen molar-refractivity contribution in [2.75, 3.05) is 40.4 Å². The molecule has 43 heavy (non-hydrogen) atoms. The minimum absolute atomic E-state index is 0.00901. The molecule has 1 amide bonds. The van der Waals surface area contributed by atoms with Crippen LogP contribution in [-0.4, -0.2) is 70.2 Å². The van der Waals surface area contributed by atoms with E-state index in [1.165, 1.54) is 5.69 Å². The number of rotatable bonds is 11. The predicted octanol–water partition coefficient (Wildman–Crippen LogP) is 6.09. The van der Waals surface area contributed by atoms with Gasteiger partial charge in [-0.1, -0.05) is 42.5 Å². The summed E-state index contributed by atoms with van der Waals surface area (Å²) >= 11 is 0. The Hall–Kier alpha value is -4.14. The number of aromatic nitrogens is 3. The molecule has 1 fully saturated rings.